The second-order valence-electron chi connectivity index (χ2n) is 7.12. The van der Waals surface area contributed by atoms with Crippen molar-refractivity contribution in [2.75, 3.05) is 6.54 Å². The van der Waals surface area contributed by atoms with Crippen LogP contribution in [0.2, 0.25) is 0 Å². The number of hydrogen-bond acceptors (Lipinski definition) is 4. The number of carbonyl (C=O) groups is 1. The molecule has 0 atom stereocenters. The Bertz CT molecular complexity index is 870. The molecule has 7 heteroatoms. The molecule has 1 amide bonds. The Kier molecular flexibility index (Phi) is 4.36. The Hall–Kier alpha value is -2.83. The Morgan fingerprint density at radius 2 is 2.19 bits per heavy atom. The van der Waals surface area contributed by atoms with E-state index >= 15 is 0 Å². The van der Waals surface area contributed by atoms with Crippen molar-refractivity contribution in [3.63, 3.8) is 0 Å². The second kappa shape index (κ2) is 6.82. The minimum atomic E-state index is 0.0712. The average molecular weight is 352 g/mol. The van der Waals surface area contributed by atoms with E-state index in [1.165, 1.54) is 0 Å². The number of aromatic amines is 1. The number of aromatic nitrogens is 4. The molecular formula is C19H24N6O. The molecule has 136 valence electrons. The largest absolute Gasteiger partial charge is 0.352 e. The quantitative estimate of drug-likeness (QED) is 0.835. The summed E-state index contributed by atoms with van der Waals surface area (Å²) in [6.07, 6.45) is 9.05. The third kappa shape index (κ3) is 3.87. The van der Waals surface area contributed by atoms with Crippen molar-refractivity contribution in [1.82, 2.24) is 30.2 Å². The highest BCUT2D eigenvalue weighted by Gasteiger charge is 2.23. The van der Waals surface area contributed by atoms with Gasteiger partial charge < -0.3 is 10.2 Å². The molecule has 0 spiro atoms. The zero-order valence-corrected chi connectivity index (χ0v) is 15.2. The molecule has 26 heavy (non-hydrogen) atoms. The molecule has 2 N–H and O–H groups in total. The van der Waals surface area contributed by atoms with Gasteiger partial charge in [-0.25, -0.2) is 0 Å². The van der Waals surface area contributed by atoms with Crippen molar-refractivity contribution in [3.8, 4) is 0 Å². The van der Waals surface area contributed by atoms with Crippen LogP contribution in [0.25, 0.3) is 5.57 Å². The number of hydrogen-bond donors (Lipinski definition) is 2. The Morgan fingerprint density at radius 1 is 1.35 bits per heavy atom. The molecule has 0 bridgehead atoms. The first-order valence-corrected chi connectivity index (χ1v) is 9.05. The van der Waals surface area contributed by atoms with Gasteiger partial charge in [0.15, 0.2) is 0 Å². The summed E-state index contributed by atoms with van der Waals surface area (Å²) in [6, 6.07) is 4.52. The number of nitrogens with zero attached hydrogens (tertiary/aromatic N) is 4. The number of nitrogens with one attached hydrogen (secondary N) is 2. The first-order valence-electron chi connectivity index (χ1n) is 9.05. The number of H-pyrrole nitrogens is 1. The Labute approximate surface area is 152 Å². The highest BCUT2D eigenvalue weighted by Crippen LogP contribution is 2.23. The van der Waals surface area contributed by atoms with Gasteiger partial charge in [0.25, 0.3) is 0 Å². The highest BCUT2D eigenvalue weighted by atomic mass is 16.2. The lowest BCUT2D eigenvalue weighted by molar-refractivity contribution is -0.121. The minimum Gasteiger partial charge on any atom is -0.352 e. The molecule has 0 saturated heterocycles. The van der Waals surface area contributed by atoms with E-state index in [4.69, 9.17) is 0 Å². The van der Waals surface area contributed by atoms with E-state index < -0.39 is 0 Å². The van der Waals surface area contributed by atoms with E-state index in [9.17, 15) is 4.79 Å². The first-order chi connectivity index (χ1) is 12.6. The summed E-state index contributed by atoms with van der Waals surface area (Å²) >= 11 is 0. The van der Waals surface area contributed by atoms with Crippen LogP contribution in [0.5, 0.6) is 0 Å². The summed E-state index contributed by atoms with van der Waals surface area (Å²) in [4.78, 5) is 13.9. The molecule has 1 aliphatic heterocycles. The zero-order valence-electron chi connectivity index (χ0n) is 15.2. The van der Waals surface area contributed by atoms with E-state index in [2.05, 4.69) is 45.7 Å². The van der Waals surface area contributed by atoms with Crippen LogP contribution in [0.4, 0.5) is 0 Å². The Balaban J connectivity index is 1.42. The first kappa shape index (κ1) is 16.6. The van der Waals surface area contributed by atoms with Crippen LogP contribution < -0.4 is 5.32 Å². The lowest BCUT2D eigenvalue weighted by atomic mass is 10.1. The van der Waals surface area contributed by atoms with Crippen molar-refractivity contribution in [2.24, 2.45) is 0 Å². The molecule has 2 aromatic rings. The third-order valence-corrected chi connectivity index (χ3v) is 4.61. The molecule has 0 aromatic carbocycles. The number of carbonyl (C=O) groups excluding carboxylic acids is 1. The van der Waals surface area contributed by atoms with Crippen molar-refractivity contribution >= 4 is 11.5 Å². The standard InChI is InChI=1S/C19H24N6O/c1-13-8-14(2)25(23-13)11-17-9-18(22-21-17)15-4-3-7-24(10-15)12-19(26)20-16-5-6-16/h3,7-10,16H,4-6,11-12H2,1-2H3,(H,20,26)(H,21,22). The Morgan fingerprint density at radius 3 is 2.92 bits per heavy atom. The van der Waals surface area contributed by atoms with Gasteiger partial charge in [-0.05, 0) is 50.8 Å². The third-order valence-electron chi connectivity index (χ3n) is 4.61. The fourth-order valence-corrected chi connectivity index (χ4v) is 3.15. The SMILES string of the molecule is Cc1cc(C)n(Cc2cc(C3=CN(CC(=O)NC4CC4)C=CC3)n[nH]2)n1. The van der Waals surface area contributed by atoms with Gasteiger partial charge in [-0.15, -0.1) is 0 Å². The van der Waals surface area contributed by atoms with Gasteiger partial charge in [-0.1, -0.05) is 6.08 Å². The zero-order chi connectivity index (χ0) is 18.1. The maximum Gasteiger partial charge on any atom is 0.240 e. The van der Waals surface area contributed by atoms with Crippen molar-refractivity contribution < 1.29 is 4.79 Å². The molecule has 1 aliphatic carbocycles. The number of rotatable bonds is 6. The van der Waals surface area contributed by atoms with Crippen LogP contribution in [0.1, 0.15) is 42.0 Å². The van der Waals surface area contributed by atoms with E-state index in [-0.39, 0.29) is 5.91 Å². The van der Waals surface area contributed by atoms with Gasteiger partial charge in [-0.3, -0.25) is 14.6 Å². The summed E-state index contributed by atoms with van der Waals surface area (Å²) in [5.74, 6) is 0.0712. The molecule has 0 radical (unpaired) electrons. The lowest BCUT2D eigenvalue weighted by Crippen LogP contribution is -2.34. The molecule has 1 fully saturated rings. The average Bonchev–Trinajstić information content (AvgIpc) is 3.18. The topological polar surface area (TPSA) is 78.8 Å². The van der Waals surface area contributed by atoms with Gasteiger partial charge in [-0.2, -0.15) is 10.2 Å². The number of amides is 1. The monoisotopic (exact) mass is 352 g/mol. The van der Waals surface area contributed by atoms with Crippen LogP contribution in [0.15, 0.2) is 30.6 Å². The van der Waals surface area contributed by atoms with Gasteiger partial charge >= 0.3 is 0 Å². The highest BCUT2D eigenvalue weighted by molar-refractivity contribution is 5.79. The smallest absolute Gasteiger partial charge is 0.240 e. The summed E-state index contributed by atoms with van der Waals surface area (Å²) in [6.45, 7) is 5.06. The van der Waals surface area contributed by atoms with Gasteiger partial charge in [0.2, 0.25) is 5.91 Å². The molecular weight excluding hydrogens is 328 g/mol. The van der Waals surface area contributed by atoms with Crippen molar-refractivity contribution in [1.29, 1.82) is 0 Å². The molecule has 1 saturated carbocycles. The normalized spacial score (nSPS) is 16.7. The molecule has 2 aromatic heterocycles. The molecule has 4 rings (SSSR count). The van der Waals surface area contributed by atoms with Gasteiger partial charge in [0.1, 0.15) is 6.54 Å². The summed E-state index contributed by atoms with van der Waals surface area (Å²) in [5, 5.41) is 15.1. The van der Waals surface area contributed by atoms with Crippen LogP contribution in [-0.2, 0) is 11.3 Å². The maximum absolute atomic E-state index is 12.0. The van der Waals surface area contributed by atoms with E-state index in [1.807, 2.05) is 28.9 Å². The fourth-order valence-electron chi connectivity index (χ4n) is 3.15. The van der Waals surface area contributed by atoms with Gasteiger partial charge in [0, 0.05) is 24.1 Å². The number of allylic oxidation sites excluding steroid dienone is 2. The van der Waals surface area contributed by atoms with Crippen LogP contribution in [-0.4, -0.2) is 43.4 Å². The van der Waals surface area contributed by atoms with E-state index in [0.717, 1.165) is 47.6 Å². The molecule has 3 heterocycles. The fraction of sp³-hybridized carbons (Fsp3) is 0.421. The van der Waals surface area contributed by atoms with Crippen LogP contribution >= 0.6 is 0 Å². The van der Waals surface area contributed by atoms with Crippen LogP contribution in [0, 0.1) is 13.8 Å². The van der Waals surface area contributed by atoms with Crippen LogP contribution in [0.3, 0.4) is 0 Å². The molecule has 7 nitrogen and oxygen atoms in total. The van der Waals surface area contributed by atoms with Gasteiger partial charge in [0.05, 0.1) is 23.6 Å². The number of aryl methyl sites for hydroxylation is 2. The second-order valence-corrected chi connectivity index (χ2v) is 7.12. The van der Waals surface area contributed by atoms with E-state index in [1.54, 1.807) is 0 Å². The maximum atomic E-state index is 12.0. The predicted molar refractivity (Wildman–Crippen MR) is 99.0 cm³/mol. The molecule has 0 unspecified atom stereocenters. The summed E-state index contributed by atoms with van der Waals surface area (Å²) in [7, 11) is 0. The van der Waals surface area contributed by atoms with Crippen molar-refractivity contribution in [3.05, 3.63) is 53.4 Å². The van der Waals surface area contributed by atoms with Crippen molar-refractivity contribution in [2.45, 2.75) is 45.7 Å². The predicted octanol–water partition coefficient (Wildman–Crippen LogP) is 2.11. The minimum absolute atomic E-state index is 0.0712. The summed E-state index contributed by atoms with van der Waals surface area (Å²) < 4.78 is 1.97. The lowest BCUT2D eigenvalue weighted by Gasteiger charge is -2.20. The summed E-state index contributed by atoms with van der Waals surface area (Å²) in [5.41, 5.74) is 5.18. The molecule has 2 aliphatic rings. The van der Waals surface area contributed by atoms with E-state index in [0.29, 0.717) is 19.1 Å².